The van der Waals surface area contributed by atoms with Crippen molar-refractivity contribution in [1.29, 1.82) is 0 Å². The van der Waals surface area contributed by atoms with Crippen LogP contribution in [0.4, 0.5) is 0 Å². The molecule has 1 aliphatic rings. The summed E-state index contributed by atoms with van der Waals surface area (Å²) in [5, 5.41) is 10.2. The number of nitrogens with zero attached hydrogens (tertiary/aromatic N) is 3. The molecule has 2 aromatic heterocycles. The van der Waals surface area contributed by atoms with Crippen LogP contribution in [0.3, 0.4) is 0 Å². The second-order valence-electron chi connectivity index (χ2n) is 7.37. The molecule has 2 heterocycles. The van der Waals surface area contributed by atoms with Gasteiger partial charge < -0.3 is 14.6 Å². The molecule has 11 heteroatoms. The summed E-state index contributed by atoms with van der Waals surface area (Å²) in [5.74, 6) is -0.837. The van der Waals surface area contributed by atoms with Crippen LogP contribution in [0.1, 0.15) is 63.3 Å². The van der Waals surface area contributed by atoms with Crippen LogP contribution < -0.4 is 4.74 Å². The van der Waals surface area contributed by atoms with Gasteiger partial charge in [-0.2, -0.15) is 4.98 Å². The smallest absolute Gasteiger partial charge is 0.311 e. The molecule has 186 valence electrons. The van der Waals surface area contributed by atoms with Crippen LogP contribution in [-0.2, 0) is 32.9 Å². The molecule has 2 aromatic rings. The number of pyridine rings is 1. The molecule has 0 fully saturated rings. The van der Waals surface area contributed by atoms with E-state index in [1.807, 2.05) is 13.8 Å². The van der Waals surface area contributed by atoms with Gasteiger partial charge in [0.05, 0.1) is 21.7 Å². The first-order valence-electron chi connectivity index (χ1n) is 11.2. The molecule has 0 amide bonds. The highest BCUT2D eigenvalue weighted by Crippen LogP contribution is 2.33. The second-order valence-corrected chi connectivity index (χ2v) is 9.13. The first-order valence-corrected chi connectivity index (χ1v) is 12.9. The maximum absolute atomic E-state index is 12.1. The zero-order chi connectivity index (χ0) is 25.1. The van der Waals surface area contributed by atoms with E-state index in [-0.39, 0.29) is 13.2 Å². The molecular formula is C23H29Cl2N3O5S. The lowest BCUT2D eigenvalue weighted by molar-refractivity contribution is -0.155. The second kappa shape index (κ2) is 14.3. The van der Waals surface area contributed by atoms with Crippen molar-refractivity contribution in [1.82, 2.24) is 15.0 Å². The summed E-state index contributed by atoms with van der Waals surface area (Å²) in [7, 11) is 0. The molecule has 1 N–H and O–H groups in total. The third-order valence-electron chi connectivity index (χ3n) is 5.00. The topological polar surface area (TPSA) is 112 Å². The number of rotatable bonds is 11. The minimum absolute atomic E-state index is 0.0254. The Morgan fingerprint density at radius 3 is 2.56 bits per heavy atom. The molecule has 0 spiro atoms. The fourth-order valence-electron chi connectivity index (χ4n) is 3.24. The number of esters is 1. The van der Waals surface area contributed by atoms with E-state index in [0.29, 0.717) is 39.7 Å². The zero-order valence-corrected chi connectivity index (χ0v) is 21.8. The predicted octanol–water partition coefficient (Wildman–Crippen LogP) is 5.76. The molecule has 1 aliphatic carbocycles. The Labute approximate surface area is 213 Å². The van der Waals surface area contributed by atoms with E-state index in [9.17, 15) is 9.59 Å². The fraction of sp³-hybridized carbons (Fsp3) is 0.522. The van der Waals surface area contributed by atoms with Crippen LogP contribution in [0, 0.1) is 5.92 Å². The largest absolute Gasteiger partial charge is 0.481 e. The van der Waals surface area contributed by atoms with Crippen molar-refractivity contribution in [2.75, 3.05) is 6.79 Å². The third kappa shape index (κ3) is 8.29. The molecule has 1 unspecified atom stereocenters. The van der Waals surface area contributed by atoms with E-state index in [4.69, 9.17) is 37.8 Å². The molecule has 3 rings (SSSR count). The van der Waals surface area contributed by atoms with Gasteiger partial charge in [0.15, 0.2) is 5.16 Å². The van der Waals surface area contributed by atoms with Gasteiger partial charge in [0.1, 0.15) is 0 Å². The van der Waals surface area contributed by atoms with Crippen LogP contribution in [0.2, 0.25) is 10.0 Å². The summed E-state index contributed by atoms with van der Waals surface area (Å²) < 4.78 is 10.9. The Hall–Kier alpha value is -2.10. The molecule has 0 bridgehead atoms. The standard InChI is InChI=1S/C21H23Cl2N3O5S.C2H6/c1-12(4-2-7-18(27)28)20(29)31-11-30-19-13-5-3-6-17(13)25-21(26-19)32-10-14-15(22)8-24-9-16(14)23;1-2/h8-9,12H,2-7,10-11H2,1H3,(H,27,28);1-2H3. The SMILES string of the molecule is CC.CC(CCCC(=O)O)C(=O)OCOc1nc(SCc2c(Cl)cncc2Cl)nc2c1CCC2. The number of hydrogen-bond acceptors (Lipinski definition) is 8. The highest BCUT2D eigenvalue weighted by molar-refractivity contribution is 7.98. The number of halogens is 2. The number of aryl methyl sites for hydroxylation is 1. The number of carbonyl (C=O) groups excluding carboxylic acids is 1. The summed E-state index contributed by atoms with van der Waals surface area (Å²) in [6.07, 6.45) is 6.55. The molecule has 34 heavy (non-hydrogen) atoms. The van der Waals surface area contributed by atoms with Crippen molar-refractivity contribution in [2.24, 2.45) is 5.92 Å². The number of carboxylic acids is 1. The molecule has 1 atom stereocenters. The maximum Gasteiger partial charge on any atom is 0.311 e. The van der Waals surface area contributed by atoms with Crippen molar-refractivity contribution in [2.45, 2.75) is 70.2 Å². The molecule has 0 aromatic carbocycles. The summed E-state index contributed by atoms with van der Waals surface area (Å²) in [6.45, 7) is 5.44. The summed E-state index contributed by atoms with van der Waals surface area (Å²) in [6, 6.07) is 0. The number of aromatic nitrogens is 3. The normalized spacial score (nSPS) is 12.9. The van der Waals surface area contributed by atoms with Crippen molar-refractivity contribution in [3.63, 3.8) is 0 Å². The van der Waals surface area contributed by atoms with Crippen LogP contribution in [0.25, 0.3) is 0 Å². The Morgan fingerprint density at radius 2 is 1.88 bits per heavy atom. The van der Waals surface area contributed by atoms with Gasteiger partial charge in [0.25, 0.3) is 0 Å². The van der Waals surface area contributed by atoms with Gasteiger partial charge in [0, 0.05) is 35.7 Å². The average molecular weight is 530 g/mol. The van der Waals surface area contributed by atoms with Crippen molar-refractivity contribution < 1.29 is 24.2 Å². The quantitative estimate of drug-likeness (QED) is 0.168. The molecule has 0 aliphatic heterocycles. The third-order valence-corrected chi connectivity index (χ3v) is 6.52. The lowest BCUT2D eigenvalue weighted by Crippen LogP contribution is -2.18. The van der Waals surface area contributed by atoms with E-state index in [2.05, 4.69) is 15.0 Å². The van der Waals surface area contributed by atoms with Gasteiger partial charge in [-0.1, -0.05) is 55.7 Å². The van der Waals surface area contributed by atoms with Gasteiger partial charge in [-0.05, 0) is 32.1 Å². The fourth-order valence-corrected chi connectivity index (χ4v) is 4.80. The predicted molar refractivity (Wildman–Crippen MR) is 131 cm³/mol. The van der Waals surface area contributed by atoms with Crippen LogP contribution in [0.5, 0.6) is 5.88 Å². The van der Waals surface area contributed by atoms with Gasteiger partial charge in [0.2, 0.25) is 12.7 Å². The van der Waals surface area contributed by atoms with E-state index < -0.39 is 17.9 Å². The first kappa shape index (κ1) is 28.1. The first-order chi connectivity index (χ1) is 16.3. The monoisotopic (exact) mass is 529 g/mol. The maximum atomic E-state index is 12.1. The van der Waals surface area contributed by atoms with E-state index in [1.54, 1.807) is 19.3 Å². The number of thioether (sulfide) groups is 1. The molecule has 8 nitrogen and oxygen atoms in total. The number of ether oxygens (including phenoxy) is 2. The Bertz CT molecular complexity index is 973. The van der Waals surface area contributed by atoms with Crippen molar-refractivity contribution in [3.05, 3.63) is 39.3 Å². The average Bonchev–Trinajstić information content (AvgIpc) is 3.28. The van der Waals surface area contributed by atoms with E-state index in [1.165, 1.54) is 11.8 Å². The number of fused-ring (bicyclic) bond motifs is 1. The zero-order valence-electron chi connectivity index (χ0n) is 19.5. The summed E-state index contributed by atoms with van der Waals surface area (Å²) in [5.41, 5.74) is 2.61. The van der Waals surface area contributed by atoms with E-state index in [0.717, 1.165) is 36.1 Å². The lowest BCUT2D eigenvalue weighted by atomic mass is 10.0. The Kier molecular flexibility index (Phi) is 11.9. The van der Waals surface area contributed by atoms with Crippen molar-refractivity contribution in [3.8, 4) is 5.88 Å². The molecule has 0 radical (unpaired) electrons. The minimum atomic E-state index is -0.881. The lowest BCUT2D eigenvalue weighted by Gasteiger charge is -2.14. The van der Waals surface area contributed by atoms with Gasteiger partial charge in [-0.3, -0.25) is 14.6 Å². The molecule has 0 saturated carbocycles. The number of hydrogen-bond donors (Lipinski definition) is 1. The Morgan fingerprint density at radius 1 is 1.18 bits per heavy atom. The highest BCUT2D eigenvalue weighted by Gasteiger charge is 2.22. The summed E-state index contributed by atoms with van der Waals surface area (Å²) >= 11 is 13.8. The summed E-state index contributed by atoms with van der Waals surface area (Å²) in [4.78, 5) is 35.8. The van der Waals surface area contributed by atoms with Crippen LogP contribution >= 0.6 is 35.0 Å². The van der Waals surface area contributed by atoms with Gasteiger partial charge >= 0.3 is 11.9 Å². The minimum Gasteiger partial charge on any atom is -0.481 e. The number of carboxylic acid groups (broad SMARTS) is 1. The molecular weight excluding hydrogens is 501 g/mol. The number of aliphatic carboxylic acids is 1. The van der Waals surface area contributed by atoms with Crippen LogP contribution in [0.15, 0.2) is 17.6 Å². The molecule has 0 saturated heterocycles. The number of carbonyl (C=O) groups is 2. The van der Waals surface area contributed by atoms with Crippen molar-refractivity contribution >= 4 is 46.9 Å². The van der Waals surface area contributed by atoms with E-state index >= 15 is 0 Å². The van der Waals surface area contributed by atoms with Crippen LogP contribution in [-0.4, -0.2) is 38.8 Å². The van der Waals surface area contributed by atoms with Gasteiger partial charge in [-0.25, -0.2) is 4.98 Å². The Balaban J connectivity index is 0.00000199. The van der Waals surface area contributed by atoms with Gasteiger partial charge in [-0.15, -0.1) is 0 Å². The highest BCUT2D eigenvalue weighted by atomic mass is 35.5.